The van der Waals surface area contributed by atoms with Crippen molar-refractivity contribution in [2.24, 2.45) is 5.41 Å². The Balaban J connectivity index is 2.49. The molecule has 1 aliphatic rings. The van der Waals surface area contributed by atoms with Crippen LogP contribution in [0.1, 0.15) is 46.5 Å². The maximum Gasteiger partial charge on any atom is 0.246 e. The van der Waals surface area contributed by atoms with Gasteiger partial charge >= 0.3 is 0 Å². The molecule has 1 amide bonds. The monoisotopic (exact) mass is 209 g/mol. The van der Waals surface area contributed by atoms with Crippen molar-refractivity contribution < 1.29 is 4.79 Å². The van der Waals surface area contributed by atoms with Crippen LogP contribution in [0.25, 0.3) is 0 Å². The Bertz CT molecular complexity index is 245. The van der Waals surface area contributed by atoms with Gasteiger partial charge in [0.05, 0.1) is 0 Å². The molecule has 0 unspecified atom stereocenters. The summed E-state index contributed by atoms with van der Waals surface area (Å²) in [7, 11) is 1.92. The van der Waals surface area contributed by atoms with Crippen molar-refractivity contribution in [3.63, 3.8) is 0 Å². The molecule has 0 aromatic carbocycles. The Kier molecular flexibility index (Phi) is 3.95. The predicted molar refractivity (Wildman–Crippen MR) is 63.6 cm³/mol. The smallest absolute Gasteiger partial charge is 0.246 e. The molecular formula is C13H23NO. The zero-order valence-electron chi connectivity index (χ0n) is 10.4. The number of hydrogen-bond donors (Lipinski definition) is 0. The second kappa shape index (κ2) is 4.82. The largest absolute Gasteiger partial charge is 0.339 e. The maximum absolute atomic E-state index is 11.6. The van der Waals surface area contributed by atoms with Crippen LogP contribution >= 0.6 is 0 Å². The SMILES string of the molecule is CC=CC(=O)N(C)C1CCC(C)(C)CC1. The minimum Gasteiger partial charge on any atom is -0.339 e. The molecule has 0 bridgehead atoms. The second-order valence-electron chi connectivity index (χ2n) is 5.34. The van der Waals surface area contributed by atoms with E-state index in [2.05, 4.69) is 13.8 Å². The van der Waals surface area contributed by atoms with Gasteiger partial charge < -0.3 is 4.90 Å². The summed E-state index contributed by atoms with van der Waals surface area (Å²) < 4.78 is 0. The highest BCUT2D eigenvalue weighted by molar-refractivity contribution is 5.87. The average molecular weight is 209 g/mol. The number of amides is 1. The second-order valence-corrected chi connectivity index (χ2v) is 5.34. The molecule has 0 aliphatic heterocycles. The molecule has 0 N–H and O–H groups in total. The number of carbonyl (C=O) groups is 1. The van der Waals surface area contributed by atoms with Gasteiger partial charge in [0, 0.05) is 13.1 Å². The van der Waals surface area contributed by atoms with Crippen LogP contribution in [0.15, 0.2) is 12.2 Å². The first kappa shape index (κ1) is 12.3. The van der Waals surface area contributed by atoms with Crippen molar-refractivity contribution in [1.82, 2.24) is 4.90 Å². The molecule has 0 aromatic rings. The lowest BCUT2D eigenvalue weighted by Gasteiger charge is -2.38. The third kappa shape index (κ3) is 3.37. The third-order valence-corrected chi connectivity index (χ3v) is 3.51. The zero-order valence-corrected chi connectivity index (χ0v) is 10.4. The van der Waals surface area contributed by atoms with Crippen LogP contribution in [-0.4, -0.2) is 23.9 Å². The topological polar surface area (TPSA) is 20.3 Å². The zero-order chi connectivity index (χ0) is 11.5. The Morgan fingerprint density at radius 1 is 1.33 bits per heavy atom. The minimum atomic E-state index is 0.141. The van der Waals surface area contributed by atoms with E-state index in [0.717, 1.165) is 12.8 Å². The van der Waals surface area contributed by atoms with Crippen molar-refractivity contribution >= 4 is 5.91 Å². The van der Waals surface area contributed by atoms with E-state index >= 15 is 0 Å². The molecule has 1 fully saturated rings. The van der Waals surface area contributed by atoms with E-state index in [1.165, 1.54) is 12.8 Å². The van der Waals surface area contributed by atoms with E-state index in [0.29, 0.717) is 11.5 Å². The van der Waals surface area contributed by atoms with Crippen LogP contribution in [0.4, 0.5) is 0 Å². The first-order valence-corrected chi connectivity index (χ1v) is 5.86. The molecule has 0 heterocycles. The van der Waals surface area contributed by atoms with Gasteiger partial charge in [-0.3, -0.25) is 4.79 Å². The van der Waals surface area contributed by atoms with Crippen LogP contribution in [0.5, 0.6) is 0 Å². The minimum absolute atomic E-state index is 0.141. The summed E-state index contributed by atoms with van der Waals surface area (Å²) in [5.41, 5.74) is 0.473. The van der Waals surface area contributed by atoms with Crippen LogP contribution in [0, 0.1) is 5.41 Å². The van der Waals surface area contributed by atoms with Crippen molar-refractivity contribution in [2.75, 3.05) is 7.05 Å². The molecule has 0 aromatic heterocycles. The molecule has 1 aliphatic carbocycles. The molecule has 0 atom stereocenters. The first-order chi connectivity index (χ1) is 6.96. The van der Waals surface area contributed by atoms with Crippen LogP contribution in [-0.2, 0) is 4.79 Å². The molecule has 0 spiro atoms. The van der Waals surface area contributed by atoms with Gasteiger partial charge in [-0.15, -0.1) is 0 Å². The number of carbonyl (C=O) groups excluding carboxylic acids is 1. The normalized spacial score (nSPS) is 21.9. The van der Waals surface area contributed by atoms with E-state index in [-0.39, 0.29) is 5.91 Å². The summed E-state index contributed by atoms with van der Waals surface area (Å²) in [5, 5.41) is 0. The molecule has 0 saturated heterocycles. The van der Waals surface area contributed by atoms with Crippen molar-refractivity contribution in [3.05, 3.63) is 12.2 Å². The third-order valence-electron chi connectivity index (χ3n) is 3.51. The molecule has 15 heavy (non-hydrogen) atoms. The van der Waals surface area contributed by atoms with Crippen LogP contribution in [0.2, 0.25) is 0 Å². The maximum atomic E-state index is 11.6. The molecule has 1 saturated carbocycles. The Hall–Kier alpha value is -0.790. The molecule has 1 rings (SSSR count). The first-order valence-electron chi connectivity index (χ1n) is 5.86. The molecule has 2 heteroatoms. The fourth-order valence-corrected chi connectivity index (χ4v) is 2.21. The highest BCUT2D eigenvalue weighted by atomic mass is 16.2. The molecular weight excluding hydrogens is 186 g/mol. The van der Waals surface area contributed by atoms with Gasteiger partial charge in [-0.25, -0.2) is 0 Å². The van der Waals surface area contributed by atoms with Crippen molar-refractivity contribution in [3.8, 4) is 0 Å². The predicted octanol–water partition coefficient (Wildman–Crippen LogP) is 2.99. The standard InChI is InChI=1S/C13H23NO/c1-5-6-12(15)14(4)11-7-9-13(2,3)10-8-11/h5-6,11H,7-10H2,1-4H3. The summed E-state index contributed by atoms with van der Waals surface area (Å²) in [6, 6.07) is 0.446. The molecule has 0 radical (unpaired) electrons. The Morgan fingerprint density at radius 3 is 2.33 bits per heavy atom. The highest BCUT2D eigenvalue weighted by Crippen LogP contribution is 2.36. The van der Waals surface area contributed by atoms with Gasteiger partial charge in [-0.1, -0.05) is 19.9 Å². The highest BCUT2D eigenvalue weighted by Gasteiger charge is 2.29. The van der Waals surface area contributed by atoms with Gasteiger partial charge in [0.1, 0.15) is 0 Å². The number of rotatable bonds is 2. The van der Waals surface area contributed by atoms with E-state index in [4.69, 9.17) is 0 Å². The van der Waals surface area contributed by atoms with Gasteiger partial charge in [0.25, 0.3) is 0 Å². The van der Waals surface area contributed by atoms with E-state index in [1.54, 1.807) is 6.08 Å². The fourth-order valence-electron chi connectivity index (χ4n) is 2.21. The fraction of sp³-hybridized carbons (Fsp3) is 0.769. The van der Waals surface area contributed by atoms with Gasteiger partial charge in [0.2, 0.25) is 5.91 Å². The van der Waals surface area contributed by atoms with E-state index in [1.807, 2.05) is 24.9 Å². The van der Waals surface area contributed by atoms with Gasteiger partial charge in [-0.2, -0.15) is 0 Å². The van der Waals surface area contributed by atoms with Gasteiger partial charge in [0.15, 0.2) is 0 Å². The lowest BCUT2D eigenvalue weighted by Crippen LogP contribution is -2.40. The van der Waals surface area contributed by atoms with Crippen molar-refractivity contribution in [2.45, 2.75) is 52.5 Å². The Morgan fingerprint density at radius 2 is 1.87 bits per heavy atom. The summed E-state index contributed by atoms with van der Waals surface area (Å²) in [4.78, 5) is 13.5. The van der Waals surface area contributed by atoms with Crippen molar-refractivity contribution in [1.29, 1.82) is 0 Å². The summed E-state index contributed by atoms with van der Waals surface area (Å²) in [6.07, 6.45) is 8.21. The molecule has 86 valence electrons. The molecule has 2 nitrogen and oxygen atoms in total. The summed E-state index contributed by atoms with van der Waals surface area (Å²) in [5.74, 6) is 0.141. The van der Waals surface area contributed by atoms with Gasteiger partial charge in [-0.05, 0) is 44.1 Å². The number of hydrogen-bond acceptors (Lipinski definition) is 1. The summed E-state index contributed by atoms with van der Waals surface area (Å²) in [6.45, 7) is 6.52. The number of likely N-dealkylation sites (N-methyl/N-ethyl adjacent to an activating group) is 1. The number of allylic oxidation sites excluding steroid dienone is 1. The summed E-state index contributed by atoms with van der Waals surface area (Å²) >= 11 is 0. The Labute approximate surface area is 93.3 Å². The lowest BCUT2D eigenvalue weighted by atomic mass is 9.75. The average Bonchev–Trinajstić information content (AvgIpc) is 2.17. The van der Waals surface area contributed by atoms with E-state index < -0.39 is 0 Å². The van der Waals surface area contributed by atoms with Crippen LogP contribution in [0.3, 0.4) is 0 Å². The quantitative estimate of drug-likeness (QED) is 0.640. The van der Waals surface area contributed by atoms with Crippen LogP contribution < -0.4 is 0 Å². The lowest BCUT2D eigenvalue weighted by molar-refractivity contribution is -0.127. The number of nitrogens with zero attached hydrogens (tertiary/aromatic N) is 1. The van der Waals surface area contributed by atoms with E-state index in [9.17, 15) is 4.79 Å².